The number of fused-ring (bicyclic) bond motifs is 4. The predicted octanol–water partition coefficient (Wildman–Crippen LogP) is 11.7. The molecule has 0 saturated carbocycles. The van der Waals surface area contributed by atoms with Crippen molar-refractivity contribution in [2.24, 2.45) is 0 Å². The van der Waals surface area contributed by atoms with E-state index in [-0.39, 0.29) is 37.7 Å². The second-order valence-electron chi connectivity index (χ2n) is 11.8. The van der Waals surface area contributed by atoms with Gasteiger partial charge in [0.25, 0.3) is 0 Å². The molecule has 10 rings (SSSR count). The number of carbonyl (C=O) groups is 2. The van der Waals surface area contributed by atoms with Gasteiger partial charge in [-0.1, -0.05) is 118 Å². The van der Waals surface area contributed by atoms with E-state index < -0.39 is 11.9 Å². The van der Waals surface area contributed by atoms with Crippen LogP contribution >= 0.6 is 0 Å². The van der Waals surface area contributed by atoms with Gasteiger partial charge in [0, 0.05) is 54.3 Å². The molecule has 9 aromatic rings. The molecular weight excluding hydrogens is 628 g/mol. The van der Waals surface area contributed by atoms with Gasteiger partial charge in [-0.25, -0.2) is 9.59 Å². The molecule has 0 amide bonds. The Hall–Kier alpha value is -4.72. The van der Waals surface area contributed by atoms with E-state index in [0.29, 0.717) is 16.5 Å². The van der Waals surface area contributed by atoms with Crippen LogP contribution in [0.25, 0.3) is 75.4 Å². The molecule has 1 aliphatic heterocycles. The Morgan fingerprint density at radius 1 is 0.429 bits per heavy atom. The molecule has 0 fully saturated rings. The molecule has 49 heavy (non-hydrogen) atoms. The summed E-state index contributed by atoms with van der Waals surface area (Å²) in [6, 6.07) is 35.7. The van der Waals surface area contributed by atoms with Crippen molar-refractivity contribution < 1.29 is 52.1 Å². The van der Waals surface area contributed by atoms with Gasteiger partial charge in [-0.15, -0.1) is 0 Å². The van der Waals surface area contributed by atoms with Gasteiger partial charge in [0.05, 0.1) is 11.1 Å². The molecule has 0 N–H and O–H groups in total. The number of hydrogen-bond acceptors (Lipinski definition) is 3. The molecule has 1 aliphatic rings. The first-order valence-corrected chi connectivity index (χ1v) is 16.7. The number of ether oxygens (including phenoxy) is 1. The fourth-order valence-corrected chi connectivity index (χ4v) is 7.61. The van der Waals surface area contributed by atoms with Crippen LogP contribution in [0.1, 0.15) is 65.1 Å². The van der Waals surface area contributed by atoms with Crippen molar-refractivity contribution in [3.05, 3.63) is 131 Å². The Kier molecular flexibility index (Phi) is 8.45. The second kappa shape index (κ2) is 12.6. The van der Waals surface area contributed by atoms with Gasteiger partial charge in [0.2, 0.25) is 0 Å². The van der Waals surface area contributed by atoms with Crippen molar-refractivity contribution in [2.75, 3.05) is 0 Å². The maximum absolute atomic E-state index is 12.7. The van der Waals surface area contributed by atoms with Crippen LogP contribution in [0.4, 0.5) is 0 Å². The smallest absolute Gasteiger partial charge is 0.346 e. The van der Waals surface area contributed by atoms with E-state index in [0.717, 1.165) is 43.4 Å². The minimum absolute atomic E-state index is 0. The van der Waals surface area contributed by atoms with Crippen LogP contribution in [-0.4, -0.2) is 11.9 Å². The Morgan fingerprint density at radius 3 is 1.37 bits per heavy atom. The van der Waals surface area contributed by atoms with Gasteiger partial charge in [-0.3, -0.25) is 0 Å². The van der Waals surface area contributed by atoms with Crippen molar-refractivity contribution >= 4 is 87.3 Å². The Bertz CT molecular complexity index is 2720. The topological polar surface area (TPSA) is 43.4 Å². The van der Waals surface area contributed by atoms with Gasteiger partial charge in [-0.2, -0.15) is 0 Å². The molecule has 0 saturated heterocycles. The van der Waals surface area contributed by atoms with Crippen molar-refractivity contribution in [1.82, 2.24) is 0 Å². The van der Waals surface area contributed by atoms with Crippen LogP contribution in [0, 0.1) is 56.5 Å². The Balaban J connectivity index is 0.000000732. The molecule has 3 nitrogen and oxygen atoms in total. The minimum Gasteiger partial charge on any atom is -0.386 e. The molecule has 4 heteroatoms. The first kappa shape index (κ1) is 32.8. The summed E-state index contributed by atoms with van der Waals surface area (Å²) < 4.78 is 5.04. The Morgan fingerprint density at radius 2 is 0.837 bits per heavy atom. The quantitative estimate of drug-likeness (QED) is 0.0534. The zero-order valence-corrected chi connectivity index (χ0v) is 28.6. The Labute approximate surface area is 314 Å². The first-order valence-electron chi connectivity index (χ1n) is 16.7. The fraction of sp³-hybridized carbons (Fsp3) is 0.111. The van der Waals surface area contributed by atoms with E-state index in [1.54, 1.807) is 12.1 Å². The summed E-state index contributed by atoms with van der Waals surface area (Å²) in [7, 11) is 0. The van der Waals surface area contributed by atoms with Crippen LogP contribution in [0.5, 0.6) is 0 Å². The number of benzene rings is 9. The summed E-state index contributed by atoms with van der Waals surface area (Å²) in [5, 5.41) is 15.5. The average molecular weight is 661 g/mol. The van der Waals surface area contributed by atoms with Crippen LogP contribution in [0.15, 0.2) is 103 Å². The zero-order valence-electron chi connectivity index (χ0n) is 27.9. The van der Waals surface area contributed by atoms with E-state index in [1.807, 2.05) is 39.8 Å². The van der Waals surface area contributed by atoms with Crippen molar-refractivity contribution in [2.45, 2.75) is 34.6 Å². The van der Waals surface area contributed by atoms with Gasteiger partial charge in [0.1, 0.15) is 0 Å². The number of carbonyl (C=O) groups excluding carboxylic acids is 2. The summed E-state index contributed by atoms with van der Waals surface area (Å²) in [4.78, 5) is 25.4. The van der Waals surface area contributed by atoms with Crippen molar-refractivity contribution in [3.8, 4) is 11.8 Å². The maximum atomic E-state index is 12.7. The van der Waals surface area contributed by atoms with E-state index in [4.69, 9.17) is 4.74 Å². The fourth-order valence-electron chi connectivity index (χ4n) is 7.61. The standard InChI is InChI=1S/C41H20O3.2C2H6.Ar/c1-21-5-7-22(8-6-21)9-10-23-11-12-26-28-14-16-30-32-18-20-34-39-33(40(42)44-41(34)43)19-17-31(38(32)39)29-15-13-27(36(28)37(29)30)25-4-2-3-24(23)35(25)26;2*1-2;/h2-8,11-20H,1H3;2*1-2H3;. The molecule has 238 valence electrons. The largest absolute Gasteiger partial charge is 0.386 e. The van der Waals surface area contributed by atoms with Gasteiger partial charge in [-0.05, 0) is 107 Å². The number of cyclic esters (lactones) is 2. The number of esters is 2. The third kappa shape index (κ3) is 4.70. The average Bonchev–Trinajstić information content (AvgIpc) is 3.14. The van der Waals surface area contributed by atoms with Crippen molar-refractivity contribution in [1.29, 1.82) is 0 Å². The normalized spacial score (nSPS) is 12.1. The molecule has 0 unspecified atom stereocenters. The predicted molar refractivity (Wildman–Crippen MR) is 201 cm³/mol. The number of hydrogen-bond donors (Lipinski definition) is 0. The molecule has 0 aromatic heterocycles. The molecule has 0 atom stereocenters. The third-order valence-electron chi connectivity index (χ3n) is 9.54. The van der Waals surface area contributed by atoms with E-state index >= 15 is 0 Å². The van der Waals surface area contributed by atoms with E-state index in [9.17, 15) is 9.59 Å². The summed E-state index contributed by atoms with van der Waals surface area (Å²) in [5.74, 6) is 5.64. The summed E-state index contributed by atoms with van der Waals surface area (Å²) in [6.45, 7) is 10.1. The summed E-state index contributed by atoms with van der Waals surface area (Å²) in [5.41, 5.74) is 4.12. The third-order valence-corrected chi connectivity index (χ3v) is 9.54. The molecule has 0 bridgehead atoms. The molecule has 0 aliphatic carbocycles. The van der Waals surface area contributed by atoms with E-state index in [2.05, 4.69) is 97.6 Å². The van der Waals surface area contributed by atoms with E-state index in [1.165, 1.54) is 43.3 Å². The van der Waals surface area contributed by atoms with Gasteiger partial charge in [0.15, 0.2) is 0 Å². The van der Waals surface area contributed by atoms with Crippen molar-refractivity contribution in [3.63, 3.8) is 0 Å². The number of rotatable bonds is 0. The monoisotopic (exact) mass is 660 g/mol. The molecule has 0 spiro atoms. The van der Waals surface area contributed by atoms with Gasteiger partial charge >= 0.3 is 11.9 Å². The minimum atomic E-state index is -0.588. The number of aryl methyl sites for hydroxylation is 1. The second-order valence-corrected chi connectivity index (χ2v) is 11.8. The SMILES string of the molecule is CC.CC.Cc1ccc(C#Cc2ccc3c4ccc5c6ccc7c8c(ccc(c9ccc(c%10cccc2c%103)c4c95)c86)C(=O)OC7=O)cc1.[Ar]. The maximum Gasteiger partial charge on any atom is 0.346 e. The molecule has 0 radical (unpaired) electrons. The van der Waals surface area contributed by atoms with Crippen LogP contribution < -0.4 is 0 Å². The summed E-state index contributed by atoms with van der Waals surface area (Å²) in [6.07, 6.45) is 0. The van der Waals surface area contributed by atoms with Crippen LogP contribution in [0.2, 0.25) is 0 Å². The van der Waals surface area contributed by atoms with Crippen LogP contribution in [-0.2, 0) is 4.74 Å². The van der Waals surface area contributed by atoms with Crippen LogP contribution in [0.3, 0.4) is 0 Å². The zero-order chi connectivity index (χ0) is 33.3. The molecular formula is C45H32ArO3. The first-order chi connectivity index (χ1) is 23.6. The summed E-state index contributed by atoms with van der Waals surface area (Å²) >= 11 is 0. The molecule has 1 heterocycles. The molecule has 9 aromatic carbocycles. The van der Waals surface area contributed by atoms with Gasteiger partial charge < -0.3 is 4.74 Å².